The summed E-state index contributed by atoms with van der Waals surface area (Å²) in [5, 5.41) is 5.69. The van der Waals surface area contributed by atoms with Crippen molar-refractivity contribution in [1.29, 1.82) is 0 Å². The Morgan fingerprint density at radius 3 is 2.54 bits per heavy atom. The third kappa shape index (κ3) is 4.13. The predicted molar refractivity (Wildman–Crippen MR) is 109 cm³/mol. The number of fused-ring (bicyclic) bond motifs is 1. The van der Waals surface area contributed by atoms with Crippen LogP contribution < -0.4 is 5.32 Å². The molecule has 1 atom stereocenters. The Morgan fingerprint density at radius 2 is 1.77 bits per heavy atom. The van der Waals surface area contributed by atoms with Crippen LogP contribution >= 0.6 is 0 Å². The number of amides is 1. The summed E-state index contributed by atoms with van der Waals surface area (Å²) in [5.74, 6) is 0.116. The fourth-order valence-electron chi connectivity index (χ4n) is 3.64. The highest BCUT2D eigenvalue weighted by atomic mass is 16.1. The highest BCUT2D eigenvalue weighted by Crippen LogP contribution is 2.23. The van der Waals surface area contributed by atoms with Gasteiger partial charge in [0.2, 0.25) is 5.91 Å². The predicted octanol–water partition coefficient (Wildman–Crippen LogP) is 5.66. The maximum absolute atomic E-state index is 12.6. The lowest BCUT2D eigenvalue weighted by molar-refractivity contribution is -0.121. The lowest BCUT2D eigenvalue weighted by Gasteiger charge is -2.20. The molecule has 1 unspecified atom stereocenters. The van der Waals surface area contributed by atoms with E-state index in [1.54, 1.807) is 0 Å². The van der Waals surface area contributed by atoms with Gasteiger partial charge in [0.1, 0.15) is 0 Å². The molecule has 3 aromatic rings. The number of nitrogens with one attached hydrogen (secondary N) is 1. The highest BCUT2D eigenvalue weighted by Gasteiger charge is 2.15. The van der Waals surface area contributed by atoms with Crippen LogP contribution in [-0.2, 0) is 11.2 Å². The maximum atomic E-state index is 12.6. The first-order valence-corrected chi connectivity index (χ1v) is 9.41. The van der Waals surface area contributed by atoms with Gasteiger partial charge >= 0.3 is 0 Å². The minimum atomic E-state index is 0.0793. The Bertz CT molecular complexity index is 908. The topological polar surface area (TPSA) is 29.1 Å². The number of benzene rings is 3. The van der Waals surface area contributed by atoms with Crippen LogP contribution in [0.3, 0.4) is 0 Å². The second-order valence-electron chi connectivity index (χ2n) is 7.03. The molecule has 3 aromatic carbocycles. The second-order valence-corrected chi connectivity index (χ2v) is 7.03. The van der Waals surface area contributed by atoms with E-state index in [9.17, 15) is 4.79 Å². The Morgan fingerprint density at radius 1 is 1.00 bits per heavy atom. The summed E-state index contributed by atoms with van der Waals surface area (Å²) in [6.45, 7) is 6.34. The second kappa shape index (κ2) is 8.18. The average Bonchev–Trinajstić information content (AvgIpc) is 2.65. The van der Waals surface area contributed by atoms with Crippen molar-refractivity contribution >= 4 is 16.7 Å². The fourth-order valence-corrected chi connectivity index (χ4v) is 3.64. The third-order valence-electron chi connectivity index (χ3n) is 5.05. The maximum Gasteiger partial charge on any atom is 0.220 e. The normalized spacial score (nSPS) is 12.1. The van der Waals surface area contributed by atoms with Crippen LogP contribution in [0, 0.1) is 13.8 Å². The molecular weight excluding hydrogens is 318 g/mol. The summed E-state index contributed by atoms with van der Waals surface area (Å²) >= 11 is 0. The largest absolute Gasteiger partial charge is 0.349 e. The van der Waals surface area contributed by atoms with E-state index in [0.717, 1.165) is 12.8 Å². The third-order valence-corrected chi connectivity index (χ3v) is 5.05. The number of carbonyl (C=O) groups excluding carboxylic acids is 1. The summed E-state index contributed by atoms with van der Waals surface area (Å²) in [4.78, 5) is 12.6. The van der Waals surface area contributed by atoms with Crippen LogP contribution in [-0.4, -0.2) is 5.91 Å². The number of rotatable bonds is 6. The number of hydrogen-bond donors (Lipinski definition) is 1. The van der Waals surface area contributed by atoms with E-state index in [0.29, 0.717) is 6.42 Å². The van der Waals surface area contributed by atoms with E-state index in [4.69, 9.17) is 0 Å². The zero-order chi connectivity index (χ0) is 18.5. The lowest BCUT2D eigenvalue weighted by atomic mass is 9.97. The Labute approximate surface area is 156 Å². The fraction of sp³-hybridized carbons (Fsp3) is 0.292. The summed E-state index contributed by atoms with van der Waals surface area (Å²) in [5.41, 5.74) is 4.95. The molecule has 134 valence electrons. The van der Waals surface area contributed by atoms with E-state index >= 15 is 0 Å². The molecule has 26 heavy (non-hydrogen) atoms. The first-order chi connectivity index (χ1) is 12.6. The van der Waals surface area contributed by atoms with E-state index in [1.807, 2.05) is 0 Å². The van der Waals surface area contributed by atoms with E-state index in [1.165, 1.54) is 33.0 Å². The van der Waals surface area contributed by atoms with Gasteiger partial charge in [-0.1, -0.05) is 73.2 Å². The highest BCUT2D eigenvalue weighted by molar-refractivity contribution is 5.86. The van der Waals surface area contributed by atoms with Gasteiger partial charge in [-0.3, -0.25) is 4.79 Å². The molecule has 0 radical (unpaired) electrons. The van der Waals surface area contributed by atoms with Crippen molar-refractivity contribution in [2.75, 3.05) is 0 Å². The van der Waals surface area contributed by atoms with E-state index < -0.39 is 0 Å². The molecular formula is C24H27NO. The summed E-state index contributed by atoms with van der Waals surface area (Å²) in [6.07, 6.45) is 2.16. The molecule has 0 saturated heterocycles. The quantitative estimate of drug-likeness (QED) is 0.614. The number of carbonyl (C=O) groups is 1. The monoisotopic (exact) mass is 345 g/mol. The molecule has 0 spiro atoms. The molecule has 2 nitrogen and oxygen atoms in total. The van der Waals surface area contributed by atoms with E-state index in [-0.39, 0.29) is 11.9 Å². The van der Waals surface area contributed by atoms with E-state index in [2.05, 4.69) is 86.8 Å². The number of aryl methyl sites for hydroxylation is 3. The van der Waals surface area contributed by atoms with Gasteiger partial charge in [0.05, 0.1) is 6.04 Å². The summed E-state index contributed by atoms with van der Waals surface area (Å²) in [7, 11) is 0. The van der Waals surface area contributed by atoms with Gasteiger partial charge in [-0.15, -0.1) is 0 Å². The van der Waals surface area contributed by atoms with Crippen molar-refractivity contribution in [3.05, 3.63) is 82.9 Å². The van der Waals surface area contributed by atoms with Gasteiger partial charge in [-0.25, -0.2) is 0 Å². The summed E-state index contributed by atoms with van der Waals surface area (Å²) < 4.78 is 0. The molecule has 2 heteroatoms. The molecule has 0 heterocycles. The Kier molecular flexibility index (Phi) is 5.72. The minimum Gasteiger partial charge on any atom is -0.349 e. The standard InChI is InChI=1S/C24H27NO/c1-4-23(21-14-12-17(2)16-18(21)3)25-24(26)15-13-20-10-7-9-19-8-5-6-11-22(19)20/h5-12,14,16,23H,4,13,15H2,1-3H3,(H,25,26). The number of hydrogen-bond acceptors (Lipinski definition) is 1. The summed E-state index contributed by atoms with van der Waals surface area (Å²) in [6, 6.07) is 21.2. The van der Waals surface area contributed by atoms with Gasteiger partial charge in [-0.05, 0) is 54.2 Å². The van der Waals surface area contributed by atoms with Crippen LogP contribution in [0.4, 0.5) is 0 Å². The van der Waals surface area contributed by atoms with Gasteiger partial charge in [-0.2, -0.15) is 0 Å². The van der Waals surface area contributed by atoms with Crippen molar-refractivity contribution in [3.8, 4) is 0 Å². The Hall–Kier alpha value is -2.61. The zero-order valence-corrected chi connectivity index (χ0v) is 15.9. The molecule has 0 aliphatic heterocycles. The SMILES string of the molecule is CCC(NC(=O)CCc1cccc2ccccc12)c1ccc(C)cc1C. The molecule has 3 rings (SSSR count). The van der Waals surface area contributed by atoms with Crippen LogP contribution in [0.25, 0.3) is 10.8 Å². The van der Waals surface area contributed by atoms with Crippen LogP contribution in [0.2, 0.25) is 0 Å². The molecule has 0 bridgehead atoms. The van der Waals surface area contributed by atoms with Gasteiger partial charge in [0.15, 0.2) is 0 Å². The van der Waals surface area contributed by atoms with Crippen molar-refractivity contribution < 1.29 is 4.79 Å². The smallest absolute Gasteiger partial charge is 0.220 e. The first-order valence-electron chi connectivity index (χ1n) is 9.41. The van der Waals surface area contributed by atoms with Crippen LogP contribution in [0.15, 0.2) is 60.7 Å². The minimum absolute atomic E-state index is 0.0793. The lowest BCUT2D eigenvalue weighted by Crippen LogP contribution is -2.28. The molecule has 0 aromatic heterocycles. The molecule has 0 fully saturated rings. The van der Waals surface area contributed by atoms with Crippen molar-refractivity contribution in [2.24, 2.45) is 0 Å². The molecule has 1 N–H and O–H groups in total. The van der Waals surface area contributed by atoms with Crippen molar-refractivity contribution in [2.45, 2.75) is 46.1 Å². The van der Waals surface area contributed by atoms with Gasteiger partial charge in [0, 0.05) is 6.42 Å². The van der Waals surface area contributed by atoms with Crippen molar-refractivity contribution in [3.63, 3.8) is 0 Å². The zero-order valence-electron chi connectivity index (χ0n) is 15.9. The Balaban J connectivity index is 1.67. The van der Waals surface area contributed by atoms with Crippen molar-refractivity contribution in [1.82, 2.24) is 5.32 Å². The first kappa shape index (κ1) is 18.2. The van der Waals surface area contributed by atoms with Gasteiger partial charge < -0.3 is 5.32 Å². The van der Waals surface area contributed by atoms with Gasteiger partial charge in [0.25, 0.3) is 0 Å². The van der Waals surface area contributed by atoms with Crippen LogP contribution in [0.5, 0.6) is 0 Å². The molecule has 1 amide bonds. The molecule has 0 aliphatic rings. The van der Waals surface area contributed by atoms with Crippen LogP contribution in [0.1, 0.15) is 48.1 Å². The molecule has 0 saturated carbocycles. The molecule has 0 aliphatic carbocycles. The average molecular weight is 345 g/mol.